The largest absolute Gasteiger partial charge is 0.495 e. The predicted molar refractivity (Wildman–Crippen MR) is 76.8 cm³/mol. The molecule has 0 aliphatic rings. The molecule has 3 nitrogen and oxygen atoms in total. The average Bonchev–Trinajstić information content (AvgIpc) is 2.37. The molecule has 0 aliphatic heterocycles. The number of benzene rings is 2. The summed E-state index contributed by atoms with van der Waals surface area (Å²) < 4.78 is 18.9. The lowest BCUT2D eigenvalue weighted by Crippen LogP contribution is -1.99. The van der Waals surface area contributed by atoms with Crippen LogP contribution in [0.15, 0.2) is 30.3 Å². The van der Waals surface area contributed by atoms with E-state index in [0.29, 0.717) is 16.5 Å². The topological polar surface area (TPSA) is 47.3 Å². The Morgan fingerprint density at radius 3 is 2.63 bits per heavy atom. The van der Waals surface area contributed by atoms with Gasteiger partial charge in [-0.15, -0.1) is 0 Å². The van der Waals surface area contributed by atoms with E-state index in [-0.39, 0.29) is 11.4 Å². The lowest BCUT2D eigenvalue weighted by atomic mass is 10.2. The minimum atomic E-state index is -0.449. The SMILES string of the molecule is COc1cc(Nc2ccc(C)c(Cl)c2)c(F)cc1N. The minimum Gasteiger partial charge on any atom is -0.495 e. The van der Waals surface area contributed by atoms with Crippen LogP contribution in [0, 0.1) is 12.7 Å². The van der Waals surface area contributed by atoms with E-state index in [4.69, 9.17) is 22.1 Å². The number of aryl methyl sites for hydroxylation is 1. The molecule has 0 aliphatic carbocycles. The molecule has 100 valence electrons. The third kappa shape index (κ3) is 2.90. The first kappa shape index (κ1) is 13.5. The Morgan fingerprint density at radius 1 is 1.26 bits per heavy atom. The molecule has 0 unspecified atom stereocenters. The predicted octanol–water partition coefficient (Wildman–Crippen LogP) is 4.12. The maximum atomic E-state index is 13.8. The molecular formula is C14H14ClFN2O. The van der Waals surface area contributed by atoms with Crippen LogP contribution >= 0.6 is 11.6 Å². The van der Waals surface area contributed by atoms with Crippen LogP contribution in [0.25, 0.3) is 0 Å². The Hall–Kier alpha value is -1.94. The zero-order valence-corrected chi connectivity index (χ0v) is 11.4. The molecule has 0 saturated carbocycles. The Kier molecular flexibility index (Phi) is 3.81. The van der Waals surface area contributed by atoms with Gasteiger partial charge in [-0.05, 0) is 24.6 Å². The van der Waals surface area contributed by atoms with Gasteiger partial charge in [0.1, 0.15) is 11.6 Å². The number of nitrogen functional groups attached to an aromatic ring is 1. The molecule has 2 aromatic carbocycles. The summed E-state index contributed by atoms with van der Waals surface area (Å²) >= 11 is 6.03. The van der Waals surface area contributed by atoms with Crippen molar-refractivity contribution in [1.82, 2.24) is 0 Å². The molecule has 19 heavy (non-hydrogen) atoms. The molecule has 0 fully saturated rings. The summed E-state index contributed by atoms with van der Waals surface area (Å²) in [7, 11) is 1.48. The first-order chi connectivity index (χ1) is 9.01. The van der Waals surface area contributed by atoms with Gasteiger partial charge >= 0.3 is 0 Å². The van der Waals surface area contributed by atoms with Gasteiger partial charge in [0.05, 0.1) is 18.5 Å². The molecular weight excluding hydrogens is 267 g/mol. The first-order valence-corrected chi connectivity index (χ1v) is 6.05. The van der Waals surface area contributed by atoms with Gasteiger partial charge in [0.2, 0.25) is 0 Å². The lowest BCUT2D eigenvalue weighted by Gasteiger charge is -2.12. The maximum Gasteiger partial charge on any atom is 0.148 e. The number of anilines is 3. The van der Waals surface area contributed by atoms with E-state index in [1.54, 1.807) is 6.07 Å². The van der Waals surface area contributed by atoms with Crippen LogP contribution in [-0.2, 0) is 0 Å². The van der Waals surface area contributed by atoms with Crippen LogP contribution in [0.2, 0.25) is 5.02 Å². The van der Waals surface area contributed by atoms with Gasteiger partial charge in [0, 0.05) is 22.8 Å². The Morgan fingerprint density at radius 2 is 2.00 bits per heavy atom. The number of rotatable bonds is 3. The summed E-state index contributed by atoms with van der Waals surface area (Å²) in [6.45, 7) is 1.90. The van der Waals surface area contributed by atoms with Crippen LogP contribution in [-0.4, -0.2) is 7.11 Å². The number of hydrogen-bond acceptors (Lipinski definition) is 3. The Balaban J connectivity index is 2.34. The van der Waals surface area contributed by atoms with E-state index in [1.807, 2.05) is 19.1 Å². The van der Waals surface area contributed by atoms with Crippen LogP contribution in [0.1, 0.15) is 5.56 Å². The molecule has 0 heterocycles. The highest BCUT2D eigenvalue weighted by atomic mass is 35.5. The normalized spacial score (nSPS) is 10.3. The van der Waals surface area contributed by atoms with E-state index >= 15 is 0 Å². The van der Waals surface area contributed by atoms with Crippen LogP contribution in [0.4, 0.5) is 21.5 Å². The van der Waals surface area contributed by atoms with Gasteiger partial charge in [0.25, 0.3) is 0 Å². The van der Waals surface area contributed by atoms with Gasteiger partial charge in [-0.2, -0.15) is 0 Å². The number of hydrogen-bond donors (Lipinski definition) is 2. The third-order valence-corrected chi connectivity index (χ3v) is 3.18. The number of ether oxygens (including phenoxy) is 1. The summed E-state index contributed by atoms with van der Waals surface area (Å²) in [5.41, 5.74) is 7.82. The van der Waals surface area contributed by atoms with Crippen molar-refractivity contribution in [2.45, 2.75) is 6.92 Å². The number of nitrogens with two attached hydrogens (primary N) is 1. The van der Waals surface area contributed by atoms with Crippen LogP contribution < -0.4 is 15.8 Å². The van der Waals surface area contributed by atoms with Crippen LogP contribution in [0.5, 0.6) is 5.75 Å². The number of nitrogens with one attached hydrogen (secondary N) is 1. The fraction of sp³-hybridized carbons (Fsp3) is 0.143. The zero-order valence-electron chi connectivity index (χ0n) is 10.6. The summed E-state index contributed by atoms with van der Waals surface area (Å²) in [4.78, 5) is 0. The van der Waals surface area contributed by atoms with Crippen molar-refractivity contribution in [2.24, 2.45) is 0 Å². The monoisotopic (exact) mass is 280 g/mol. The van der Waals surface area contributed by atoms with Crippen molar-refractivity contribution >= 4 is 28.7 Å². The molecule has 3 N–H and O–H groups in total. The highest BCUT2D eigenvalue weighted by Gasteiger charge is 2.09. The number of methoxy groups -OCH3 is 1. The lowest BCUT2D eigenvalue weighted by molar-refractivity contribution is 0.416. The third-order valence-electron chi connectivity index (χ3n) is 2.77. The molecule has 2 aromatic rings. The van der Waals surface area contributed by atoms with Gasteiger partial charge in [0.15, 0.2) is 0 Å². The van der Waals surface area contributed by atoms with Crippen molar-refractivity contribution in [3.63, 3.8) is 0 Å². The molecule has 0 amide bonds. The quantitative estimate of drug-likeness (QED) is 0.831. The fourth-order valence-electron chi connectivity index (χ4n) is 1.67. The van der Waals surface area contributed by atoms with E-state index in [9.17, 15) is 4.39 Å². The summed E-state index contributed by atoms with van der Waals surface area (Å²) in [6, 6.07) is 8.15. The van der Waals surface area contributed by atoms with Gasteiger partial charge in [-0.25, -0.2) is 4.39 Å². The van der Waals surface area contributed by atoms with Crippen molar-refractivity contribution in [3.8, 4) is 5.75 Å². The molecule has 5 heteroatoms. The molecule has 0 bridgehead atoms. The van der Waals surface area contributed by atoms with Crippen LogP contribution in [0.3, 0.4) is 0 Å². The minimum absolute atomic E-state index is 0.257. The molecule has 0 aromatic heterocycles. The second kappa shape index (κ2) is 5.36. The second-order valence-electron chi connectivity index (χ2n) is 4.16. The van der Waals surface area contributed by atoms with E-state index in [1.165, 1.54) is 19.2 Å². The van der Waals surface area contributed by atoms with Gasteiger partial charge in [-0.1, -0.05) is 17.7 Å². The smallest absolute Gasteiger partial charge is 0.148 e. The molecule has 0 atom stereocenters. The number of halogens is 2. The van der Waals surface area contributed by atoms with E-state index in [0.717, 1.165) is 5.56 Å². The van der Waals surface area contributed by atoms with Gasteiger partial charge < -0.3 is 15.8 Å². The zero-order chi connectivity index (χ0) is 14.0. The summed E-state index contributed by atoms with van der Waals surface area (Å²) in [5.74, 6) is -0.0305. The summed E-state index contributed by atoms with van der Waals surface area (Å²) in [6.07, 6.45) is 0. The summed E-state index contributed by atoms with van der Waals surface area (Å²) in [5, 5.41) is 3.57. The second-order valence-corrected chi connectivity index (χ2v) is 4.57. The van der Waals surface area contributed by atoms with Crippen molar-refractivity contribution in [2.75, 3.05) is 18.2 Å². The maximum absolute atomic E-state index is 13.8. The van der Waals surface area contributed by atoms with E-state index < -0.39 is 5.82 Å². The standard InChI is InChI=1S/C14H14ClFN2O/c1-8-3-4-9(5-10(8)15)18-13-7-14(19-2)12(17)6-11(13)16/h3-7,18H,17H2,1-2H3. The fourth-order valence-corrected chi connectivity index (χ4v) is 1.85. The molecule has 0 radical (unpaired) electrons. The Labute approximate surface area is 116 Å². The average molecular weight is 281 g/mol. The Bertz CT molecular complexity index is 617. The van der Waals surface area contributed by atoms with Crippen molar-refractivity contribution in [1.29, 1.82) is 0 Å². The van der Waals surface area contributed by atoms with Crippen molar-refractivity contribution < 1.29 is 9.13 Å². The highest BCUT2D eigenvalue weighted by Crippen LogP contribution is 2.31. The van der Waals surface area contributed by atoms with E-state index in [2.05, 4.69) is 5.32 Å². The first-order valence-electron chi connectivity index (χ1n) is 5.67. The van der Waals surface area contributed by atoms with Crippen molar-refractivity contribution in [3.05, 3.63) is 46.7 Å². The molecule has 0 spiro atoms. The van der Waals surface area contributed by atoms with Gasteiger partial charge in [-0.3, -0.25) is 0 Å². The molecule has 2 rings (SSSR count). The molecule has 0 saturated heterocycles. The highest BCUT2D eigenvalue weighted by molar-refractivity contribution is 6.31.